The highest BCUT2D eigenvalue weighted by atomic mass is 16.3. The van der Waals surface area contributed by atoms with Crippen molar-refractivity contribution in [2.45, 2.75) is 58.0 Å². The Morgan fingerprint density at radius 1 is 0.919 bits per heavy atom. The number of fused-ring (bicyclic) bond motifs is 1. The third-order valence-corrected chi connectivity index (χ3v) is 8.98. The summed E-state index contributed by atoms with van der Waals surface area (Å²) in [6.45, 7) is 7.39. The van der Waals surface area contributed by atoms with E-state index in [1.54, 1.807) is 0 Å². The molecule has 0 bridgehead atoms. The number of aliphatic hydroxyl groups is 1. The molecule has 6 nitrogen and oxygen atoms in total. The van der Waals surface area contributed by atoms with Gasteiger partial charge in [-0.25, -0.2) is 0 Å². The van der Waals surface area contributed by atoms with E-state index in [2.05, 4.69) is 22.3 Å². The van der Waals surface area contributed by atoms with E-state index in [0.717, 1.165) is 74.1 Å². The number of hydrogen-bond acceptors (Lipinski definition) is 4. The number of nitrogens with zero attached hydrogens (tertiary/aromatic N) is 2. The third-order valence-electron chi connectivity index (χ3n) is 8.98. The van der Waals surface area contributed by atoms with Gasteiger partial charge in [0.2, 0.25) is 5.91 Å². The van der Waals surface area contributed by atoms with Gasteiger partial charge in [-0.2, -0.15) is 0 Å². The van der Waals surface area contributed by atoms with Crippen molar-refractivity contribution in [2.24, 2.45) is 17.8 Å². The molecular weight excluding hydrogens is 462 g/mol. The second kappa shape index (κ2) is 11.4. The van der Waals surface area contributed by atoms with Crippen molar-refractivity contribution in [2.75, 3.05) is 32.8 Å². The average molecular weight is 504 g/mol. The SMILES string of the molecule is Cc1cccc(C)c1C(=O)N1CC2CN(C(CO)C[C@H](NC(=O)C3CCCC3)c3ccccc3)CC2C1. The lowest BCUT2D eigenvalue weighted by Gasteiger charge is -2.32. The number of nitrogens with one attached hydrogen (secondary N) is 1. The number of likely N-dealkylation sites (tertiary alicyclic amines) is 2. The van der Waals surface area contributed by atoms with Gasteiger partial charge in [0, 0.05) is 43.7 Å². The number of carbonyl (C=O) groups is 2. The van der Waals surface area contributed by atoms with Crippen molar-refractivity contribution < 1.29 is 14.7 Å². The molecule has 2 amide bonds. The van der Waals surface area contributed by atoms with Gasteiger partial charge < -0.3 is 15.3 Å². The fourth-order valence-corrected chi connectivity index (χ4v) is 6.86. The largest absolute Gasteiger partial charge is 0.395 e. The predicted octanol–water partition coefficient (Wildman–Crippen LogP) is 4.11. The second-order valence-corrected chi connectivity index (χ2v) is 11.5. The summed E-state index contributed by atoms with van der Waals surface area (Å²) >= 11 is 0. The van der Waals surface area contributed by atoms with Crippen molar-refractivity contribution in [3.63, 3.8) is 0 Å². The number of aliphatic hydroxyl groups excluding tert-OH is 1. The van der Waals surface area contributed by atoms with E-state index >= 15 is 0 Å². The maximum absolute atomic E-state index is 13.3. The lowest BCUT2D eigenvalue weighted by atomic mass is 9.97. The minimum Gasteiger partial charge on any atom is -0.395 e. The van der Waals surface area contributed by atoms with Crippen LogP contribution in [0.1, 0.15) is 65.2 Å². The molecule has 2 N–H and O–H groups in total. The molecule has 0 aromatic heterocycles. The summed E-state index contributed by atoms with van der Waals surface area (Å²) in [5.74, 6) is 1.26. The molecule has 2 aliphatic heterocycles. The Balaban J connectivity index is 1.23. The van der Waals surface area contributed by atoms with Gasteiger partial charge in [-0.1, -0.05) is 61.4 Å². The number of benzene rings is 2. The number of carbonyl (C=O) groups excluding carboxylic acids is 2. The number of hydrogen-bond donors (Lipinski definition) is 2. The molecule has 37 heavy (non-hydrogen) atoms. The van der Waals surface area contributed by atoms with Crippen LogP contribution in [0.2, 0.25) is 0 Å². The molecule has 3 fully saturated rings. The monoisotopic (exact) mass is 503 g/mol. The topological polar surface area (TPSA) is 72.9 Å². The molecule has 3 aliphatic rings. The Morgan fingerprint density at radius 3 is 2.14 bits per heavy atom. The molecule has 0 radical (unpaired) electrons. The first-order valence-corrected chi connectivity index (χ1v) is 14.0. The highest BCUT2D eigenvalue weighted by Gasteiger charge is 2.44. The molecule has 5 rings (SSSR count). The Hall–Kier alpha value is -2.70. The molecule has 0 spiro atoms. The highest BCUT2D eigenvalue weighted by Crippen LogP contribution is 2.35. The Labute approximate surface area is 221 Å². The molecule has 2 aromatic rings. The summed E-state index contributed by atoms with van der Waals surface area (Å²) in [5.41, 5.74) is 4.01. The fourth-order valence-electron chi connectivity index (χ4n) is 6.86. The Morgan fingerprint density at radius 2 is 1.54 bits per heavy atom. The van der Waals surface area contributed by atoms with Crippen LogP contribution in [0.3, 0.4) is 0 Å². The van der Waals surface area contributed by atoms with Crippen LogP contribution in [-0.2, 0) is 4.79 Å². The van der Waals surface area contributed by atoms with Gasteiger partial charge in [-0.05, 0) is 61.6 Å². The first-order chi connectivity index (χ1) is 17.9. The van der Waals surface area contributed by atoms with E-state index in [4.69, 9.17) is 0 Å². The standard InChI is InChI=1S/C31H41N3O3/c1-21-9-8-10-22(2)29(21)31(37)34-18-25-16-33(17-26(25)19-34)27(20-35)15-28(23-11-4-3-5-12-23)32-30(36)24-13-6-7-14-24/h3-5,8-12,24-28,35H,6-7,13-20H2,1-2H3,(H,32,36)/t25?,26?,27?,28-/m0/s1. The summed E-state index contributed by atoms with van der Waals surface area (Å²) in [6.07, 6.45) is 4.90. The number of rotatable bonds is 8. The van der Waals surface area contributed by atoms with E-state index in [-0.39, 0.29) is 36.4 Å². The zero-order chi connectivity index (χ0) is 25.9. The van der Waals surface area contributed by atoms with Crippen molar-refractivity contribution in [3.8, 4) is 0 Å². The quantitative estimate of drug-likeness (QED) is 0.569. The first kappa shape index (κ1) is 25.9. The van der Waals surface area contributed by atoms with Crippen LogP contribution in [0.5, 0.6) is 0 Å². The van der Waals surface area contributed by atoms with Crippen LogP contribution in [0, 0.1) is 31.6 Å². The van der Waals surface area contributed by atoms with Gasteiger partial charge >= 0.3 is 0 Å². The number of amides is 2. The highest BCUT2D eigenvalue weighted by molar-refractivity contribution is 5.97. The van der Waals surface area contributed by atoms with Gasteiger partial charge in [-0.15, -0.1) is 0 Å². The van der Waals surface area contributed by atoms with E-state index in [1.165, 1.54) is 0 Å². The summed E-state index contributed by atoms with van der Waals surface area (Å²) in [4.78, 5) is 30.8. The van der Waals surface area contributed by atoms with Gasteiger partial charge in [0.25, 0.3) is 5.91 Å². The summed E-state index contributed by atoms with van der Waals surface area (Å²) in [7, 11) is 0. The Kier molecular flexibility index (Phi) is 7.96. The van der Waals surface area contributed by atoms with Crippen LogP contribution in [0.15, 0.2) is 48.5 Å². The zero-order valence-electron chi connectivity index (χ0n) is 22.2. The van der Waals surface area contributed by atoms with E-state index < -0.39 is 0 Å². The molecule has 2 heterocycles. The van der Waals surface area contributed by atoms with Gasteiger partial charge in [0.15, 0.2) is 0 Å². The minimum absolute atomic E-state index is 0.0255. The first-order valence-electron chi connectivity index (χ1n) is 14.0. The van der Waals surface area contributed by atoms with Gasteiger partial charge in [0.05, 0.1) is 12.6 Å². The summed E-state index contributed by atoms with van der Waals surface area (Å²) in [6, 6.07) is 16.1. The van der Waals surface area contributed by atoms with Crippen molar-refractivity contribution in [1.82, 2.24) is 15.1 Å². The lowest BCUT2D eigenvalue weighted by Crippen LogP contribution is -2.43. The molecule has 2 aromatic carbocycles. The lowest BCUT2D eigenvalue weighted by molar-refractivity contribution is -0.125. The van der Waals surface area contributed by atoms with E-state index in [9.17, 15) is 14.7 Å². The molecule has 3 unspecified atom stereocenters. The van der Waals surface area contributed by atoms with Crippen molar-refractivity contribution in [3.05, 3.63) is 70.8 Å². The van der Waals surface area contributed by atoms with Crippen molar-refractivity contribution >= 4 is 11.8 Å². The normalized spacial score (nSPS) is 23.7. The Bertz CT molecular complexity index is 1060. The van der Waals surface area contributed by atoms with Crippen LogP contribution >= 0.6 is 0 Å². The molecule has 6 heteroatoms. The molecule has 4 atom stereocenters. The number of aryl methyl sites for hydroxylation is 2. The van der Waals surface area contributed by atoms with E-state index in [0.29, 0.717) is 18.3 Å². The second-order valence-electron chi connectivity index (χ2n) is 11.5. The maximum Gasteiger partial charge on any atom is 0.254 e. The summed E-state index contributed by atoms with van der Waals surface area (Å²) in [5, 5.41) is 13.8. The van der Waals surface area contributed by atoms with Crippen LogP contribution in [0.25, 0.3) is 0 Å². The summed E-state index contributed by atoms with van der Waals surface area (Å²) < 4.78 is 0. The van der Waals surface area contributed by atoms with Crippen LogP contribution in [0.4, 0.5) is 0 Å². The van der Waals surface area contributed by atoms with Crippen LogP contribution in [-0.4, -0.2) is 65.5 Å². The molecule has 1 aliphatic carbocycles. The van der Waals surface area contributed by atoms with Gasteiger partial charge in [0.1, 0.15) is 0 Å². The smallest absolute Gasteiger partial charge is 0.254 e. The third kappa shape index (κ3) is 5.60. The minimum atomic E-state index is -0.117. The van der Waals surface area contributed by atoms with Crippen molar-refractivity contribution in [1.29, 1.82) is 0 Å². The molecule has 2 saturated heterocycles. The average Bonchev–Trinajstić information content (AvgIpc) is 3.64. The maximum atomic E-state index is 13.3. The van der Waals surface area contributed by atoms with Crippen LogP contribution < -0.4 is 5.32 Å². The molecule has 1 saturated carbocycles. The van der Waals surface area contributed by atoms with E-state index in [1.807, 2.05) is 55.1 Å². The zero-order valence-corrected chi connectivity index (χ0v) is 22.2. The molecule has 198 valence electrons. The fraction of sp³-hybridized carbons (Fsp3) is 0.548. The predicted molar refractivity (Wildman–Crippen MR) is 145 cm³/mol. The van der Waals surface area contributed by atoms with Gasteiger partial charge in [-0.3, -0.25) is 14.5 Å². The molecular formula is C31H41N3O3.